The molecule has 1 heterocycles. The zero-order chi connectivity index (χ0) is 27.0. The number of ether oxygens (including phenoxy) is 3. The summed E-state index contributed by atoms with van der Waals surface area (Å²) >= 11 is 0. The number of carbonyl (C=O) groups excluding carboxylic acids is 4. The molecule has 5 rings (SSSR count). The number of fused-ring (bicyclic) bond motifs is 7. The van der Waals surface area contributed by atoms with Crippen LogP contribution in [-0.2, 0) is 33.4 Å². The Morgan fingerprint density at radius 3 is 2.58 bits per heavy atom. The molecule has 1 saturated heterocycles. The van der Waals surface area contributed by atoms with Crippen LogP contribution < -0.4 is 34.7 Å². The number of carboxylic acid groups (broad SMARTS) is 1. The van der Waals surface area contributed by atoms with Crippen molar-refractivity contribution in [2.24, 2.45) is 28.6 Å². The van der Waals surface area contributed by atoms with E-state index < -0.39 is 65.2 Å². The average molecular weight is 539 g/mol. The molecule has 0 bridgehead atoms. The second-order valence-electron chi connectivity index (χ2n) is 12.2. The van der Waals surface area contributed by atoms with Crippen molar-refractivity contribution in [1.82, 2.24) is 0 Å². The molecule has 10 heteroatoms. The van der Waals surface area contributed by atoms with Crippen molar-refractivity contribution in [3.63, 3.8) is 0 Å². The van der Waals surface area contributed by atoms with Crippen molar-refractivity contribution >= 4 is 23.5 Å². The molecule has 38 heavy (non-hydrogen) atoms. The third-order valence-electron chi connectivity index (χ3n) is 9.80. The van der Waals surface area contributed by atoms with Crippen LogP contribution in [0.15, 0.2) is 23.8 Å². The fourth-order valence-electron chi connectivity index (χ4n) is 8.45. The van der Waals surface area contributed by atoms with Gasteiger partial charge >= 0.3 is 35.5 Å². The summed E-state index contributed by atoms with van der Waals surface area (Å²) in [5.41, 5.74) is -1.60. The molecule has 0 aromatic heterocycles. The molecule has 4 fully saturated rings. The molecule has 4 aliphatic carbocycles. The summed E-state index contributed by atoms with van der Waals surface area (Å²) in [7, 11) is 0. The Kier molecular flexibility index (Phi) is 7.74. The molecule has 9 nitrogen and oxygen atoms in total. The molecule has 0 radical (unpaired) electrons. The third kappa shape index (κ3) is 4.38. The van der Waals surface area contributed by atoms with Gasteiger partial charge in [0.25, 0.3) is 0 Å². The first kappa shape index (κ1) is 29.6. The van der Waals surface area contributed by atoms with Crippen LogP contribution in [0, 0.1) is 28.6 Å². The van der Waals surface area contributed by atoms with E-state index >= 15 is 0 Å². The first-order valence-corrected chi connectivity index (χ1v) is 13.1. The van der Waals surface area contributed by atoms with E-state index in [0.29, 0.717) is 12.8 Å². The zero-order valence-electron chi connectivity index (χ0n) is 22.8. The monoisotopic (exact) mass is 538 g/mol. The minimum absolute atomic E-state index is 0. The Labute approximate surface area is 244 Å². The maximum atomic E-state index is 13.9. The molecule has 0 aromatic carbocycles. The number of carboxylic acids is 1. The number of aliphatic carboxylic acids is 1. The Balaban J connectivity index is 0.00000336. The molecule has 0 unspecified atom stereocenters. The van der Waals surface area contributed by atoms with Gasteiger partial charge in [0.1, 0.15) is 0 Å². The predicted molar refractivity (Wildman–Crippen MR) is 126 cm³/mol. The normalized spacial score (nSPS) is 42.1. The topological polar surface area (TPSA) is 139 Å². The van der Waals surface area contributed by atoms with Crippen molar-refractivity contribution in [2.45, 2.75) is 89.8 Å². The molecule has 3 saturated carbocycles. The van der Waals surface area contributed by atoms with E-state index in [4.69, 9.17) is 14.2 Å². The molecule has 1 aliphatic heterocycles. The van der Waals surface area contributed by atoms with E-state index in [1.807, 2.05) is 13.0 Å². The second kappa shape index (κ2) is 9.93. The number of allylic oxidation sites excluding steroid dienone is 4. The van der Waals surface area contributed by atoms with Gasteiger partial charge in [0.05, 0.1) is 18.6 Å². The number of rotatable bonds is 6. The molecule has 0 aromatic rings. The van der Waals surface area contributed by atoms with Crippen LogP contribution in [-0.4, -0.2) is 58.8 Å². The largest absolute Gasteiger partial charge is 1.00 e. The molecule has 8 atom stereocenters. The zero-order valence-corrected chi connectivity index (χ0v) is 24.8. The number of hydrogen-bond acceptors (Lipinski definition) is 9. The van der Waals surface area contributed by atoms with Crippen molar-refractivity contribution in [1.29, 1.82) is 0 Å². The van der Waals surface area contributed by atoms with Gasteiger partial charge in [-0.1, -0.05) is 25.5 Å². The van der Waals surface area contributed by atoms with Gasteiger partial charge in [-0.15, -0.1) is 0 Å². The molecule has 202 valence electrons. The van der Waals surface area contributed by atoms with Gasteiger partial charge in [-0.25, -0.2) is 0 Å². The smallest absolute Gasteiger partial charge is 0.550 e. The van der Waals surface area contributed by atoms with Crippen molar-refractivity contribution < 1.29 is 73.2 Å². The molecular weight excluding hydrogens is 503 g/mol. The van der Waals surface area contributed by atoms with Crippen LogP contribution in [0.4, 0.5) is 0 Å². The van der Waals surface area contributed by atoms with Gasteiger partial charge in [0, 0.05) is 22.7 Å². The number of ketones is 2. The van der Waals surface area contributed by atoms with Crippen LogP contribution in [0.3, 0.4) is 0 Å². The fraction of sp³-hybridized carbons (Fsp3) is 0.714. The van der Waals surface area contributed by atoms with Crippen molar-refractivity contribution in [2.75, 3.05) is 6.61 Å². The van der Waals surface area contributed by atoms with E-state index in [0.717, 1.165) is 18.4 Å². The Hall–Kier alpha value is -1.36. The van der Waals surface area contributed by atoms with E-state index in [1.165, 1.54) is 0 Å². The van der Waals surface area contributed by atoms with E-state index in [-0.39, 0.29) is 59.5 Å². The van der Waals surface area contributed by atoms with Gasteiger partial charge in [-0.2, -0.15) is 0 Å². The van der Waals surface area contributed by atoms with Crippen molar-refractivity contribution in [3.8, 4) is 0 Å². The minimum Gasteiger partial charge on any atom is -0.550 e. The third-order valence-corrected chi connectivity index (χ3v) is 9.80. The van der Waals surface area contributed by atoms with Gasteiger partial charge in [-0.3, -0.25) is 14.4 Å². The first-order chi connectivity index (χ1) is 17.2. The molecule has 1 N–H and O–H groups in total. The maximum Gasteiger partial charge on any atom is 1.00 e. The second-order valence-corrected chi connectivity index (χ2v) is 12.2. The Morgan fingerprint density at radius 1 is 1.18 bits per heavy atom. The molecule has 0 amide bonds. The number of aliphatic hydroxyl groups excluding tert-OH is 1. The van der Waals surface area contributed by atoms with Crippen molar-refractivity contribution in [3.05, 3.63) is 23.8 Å². The summed E-state index contributed by atoms with van der Waals surface area (Å²) in [4.78, 5) is 48.7. The summed E-state index contributed by atoms with van der Waals surface area (Å²) in [6.45, 7) is 6.99. The number of Topliss-reactive ketones (excluding diaryl/α,β-unsaturated/α-hetero) is 1. The molecule has 5 aliphatic rings. The number of carbonyl (C=O) groups is 4. The number of hydrogen-bond donors (Lipinski definition) is 1. The predicted octanol–water partition coefficient (Wildman–Crippen LogP) is -1.59. The van der Waals surface area contributed by atoms with Crippen LogP contribution >= 0.6 is 0 Å². The summed E-state index contributed by atoms with van der Waals surface area (Å²) in [5, 5.41) is 22.3. The summed E-state index contributed by atoms with van der Waals surface area (Å²) in [6.07, 6.45) is 5.40. The standard InChI is InChI=1S/C28H36O9.Na/c1-25(2)36-21-12-18-17-6-5-15-11-16(29)9-10-26(15,3)24(17)19(30)13-27(18,4)28(21,37-25)20(31)14-35-23(34)8-7-22(32)33;/h9-11,17-19,21,24,30H,5-8,12-14H2,1-4H3,(H,32,33);/q;+1/p-1/t17-,18-,19-,21-,24+,26-,27-,28+;/m0./s1. The molecular formula is C28H35NaO9. The van der Waals surface area contributed by atoms with Crippen LogP contribution in [0.5, 0.6) is 0 Å². The van der Waals surface area contributed by atoms with Gasteiger partial charge in [0.15, 0.2) is 23.8 Å². The SMILES string of the molecule is CC1(C)O[C@H]2C[C@H]3[C@@H]4CCC5=CC(=O)C=C[C@]5(C)[C@H]4[C@@H](O)C[C@]3(C)[C@]2(C(=O)COC(=O)CCC(=O)[O-])O1.[Na+]. The van der Waals surface area contributed by atoms with Crippen LogP contribution in [0.1, 0.15) is 66.2 Å². The average Bonchev–Trinajstić information content (AvgIpc) is 3.22. The van der Waals surface area contributed by atoms with E-state index in [2.05, 4.69) is 6.92 Å². The van der Waals surface area contributed by atoms with Crippen LogP contribution in [0.25, 0.3) is 0 Å². The maximum absolute atomic E-state index is 13.9. The van der Waals surface area contributed by atoms with Crippen LogP contribution in [0.2, 0.25) is 0 Å². The summed E-state index contributed by atoms with van der Waals surface area (Å²) < 4.78 is 17.9. The summed E-state index contributed by atoms with van der Waals surface area (Å²) in [6, 6.07) is 0. The number of esters is 1. The van der Waals surface area contributed by atoms with Gasteiger partial charge in [-0.05, 0) is 69.9 Å². The number of aliphatic hydroxyl groups is 1. The fourth-order valence-corrected chi connectivity index (χ4v) is 8.45. The van der Waals surface area contributed by atoms with Gasteiger partial charge < -0.3 is 29.2 Å². The quantitative estimate of drug-likeness (QED) is 0.313. The molecule has 0 spiro atoms. The first-order valence-electron chi connectivity index (χ1n) is 13.1. The van der Waals surface area contributed by atoms with Gasteiger partial charge in [0.2, 0.25) is 5.78 Å². The Bertz CT molecular complexity index is 1110. The minimum atomic E-state index is -1.42. The van der Waals surface area contributed by atoms with E-state index in [1.54, 1.807) is 26.0 Å². The van der Waals surface area contributed by atoms with E-state index in [9.17, 15) is 29.4 Å². The summed E-state index contributed by atoms with van der Waals surface area (Å²) in [5.74, 6) is -3.72. The Morgan fingerprint density at radius 2 is 1.89 bits per heavy atom.